The minimum absolute atomic E-state index is 0.101. The van der Waals surface area contributed by atoms with Crippen LogP contribution in [-0.2, 0) is 11.2 Å². The van der Waals surface area contributed by atoms with Gasteiger partial charge in [0.15, 0.2) is 5.78 Å². The standard InChI is InChI=1S/C22H18Cl2N2O3/c1-29-22(28)13-10-8-12(9-11-13)20-18-14(4-2-7-17(18)25-26-20)21(27)19-15(23)5-3-6-16(19)24/h3,5-6,8-11,14H,2,4,7H2,1H3,(H,25,26). The van der Waals surface area contributed by atoms with Gasteiger partial charge in [0.1, 0.15) is 0 Å². The summed E-state index contributed by atoms with van der Waals surface area (Å²) >= 11 is 12.6. The van der Waals surface area contributed by atoms with E-state index < -0.39 is 5.97 Å². The van der Waals surface area contributed by atoms with E-state index in [2.05, 4.69) is 10.2 Å². The molecule has 0 fully saturated rings. The van der Waals surface area contributed by atoms with Gasteiger partial charge in [-0.1, -0.05) is 41.4 Å². The number of nitrogens with one attached hydrogen (secondary N) is 1. The van der Waals surface area contributed by atoms with Crippen LogP contribution in [0, 0.1) is 0 Å². The number of rotatable bonds is 4. The number of Topliss-reactive ketones (excluding diaryl/α,β-unsaturated/α-hetero) is 1. The minimum Gasteiger partial charge on any atom is -0.465 e. The van der Waals surface area contributed by atoms with Crippen molar-refractivity contribution in [1.29, 1.82) is 0 Å². The number of carbonyl (C=O) groups excluding carboxylic acids is 2. The number of halogens is 2. The van der Waals surface area contributed by atoms with Crippen LogP contribution in [0.3, 0.4) is 0 Å². The number of carbonyl (C=O) groups is 2. The Kier molecular flexibility index (Phi) is 5.43. The summed E-state index contributed by atoms with van der Waals surface area (Å²) in [5, 5.41) is 8.25. The van der Waals surface area contributed by atoms with Crippen molar-refractivity contribution in [3.63, 3.8) is 0 Å². The summed E-state index contributed by atoms with van der Waals surface area (Å²) in [6.07, 6.45) is 2.39. The quantitative estimate of drug-likeness (QED) is 0.441. The van der Waals surface area contributed by atoms with Gasteiger partial charge in [-0.2, -0.15) is 5.10 Å². The lowest BCUT2D eigenvalue weighted by molar-refractivity contribution is 0.0600. The van der Waals surface area contributed by atoms with Crippen molar-refractivity contribution < 1.29 is 14.3 Å². The van der Waals surface area contributed by atoms with Crippen LogP contribution in [-0.4, -0.2) is 29.1 Å². The molecule has 0 spiro atoms. The Morgan fingerprint density at radius 1 is 1.10 bits per heavy atom. The molecule has 1 atom stereocenters. The molecule has 0 saturated heterocycles. The largest absolute Gasteiger partial charge is 0.465 e. The number of fused-ring (bicyclic) bond motifs is 1. The Morgan fingerprint density at radius 3 is 2.45 bits per heavy atom. The first-order chi connectivity index (χ1) is 14.0. The summed E-state index contributed by atoms with van der Waals surface area (Å²) in [4.78, 5) is 25.1. The Hall–Kier alpha value is -2.63. The van der Waals surface area contributed by atoms with Crippen molar-refractivity contribution >= 4 is 35.0 Å². The first-order valence-electron chi connectivity index (χ1n) is 9.25. The van der Waals surface area contributed by atoms with Gasteiger partial charge in [0, 0.05) is 16.8 Å². The summed E-state index contributed by atoms with van der Waals surface area (Å²) in [7, 11) is 1.34. The normalized spacial score (nSPS) is 15.6. The van der Waals surface area contributed by atoms with Crippen molar-refractivity contribution in [3.05, 3.63) is 74.9 Å². The molecular formula is C22H18Cl2N2O3. The smallest absolute Gasteiger partial charge is 0.337 e. The van der Waals surface area contributed by atoms with E-state index in [1.54, 1.807) is 42.5 Å². The van der Waals surface area contributed by atoms with Crippen molar-refractivity contribution in [1.82, 2.24) is 10.2 Å². The molecule has 1 aliphatic carbocycles. The lowest BCUT2D eigenvalue weighted by Crippen LogP contribution is -2.19. The second-order valence-electron chi connectivity index (χ2n) is 6.94. The molecule has 1 aromatic heterocycles. The first-order valence-corrected chi connectivity index (χ1v) is 10.0. The van der Waals surface area contributed by atoms with Crippen LogP contribution in [0.4, 0.5) is 0 Å². The zero-order valence-corrected chi connectivity index (χ0v) is 17.2. The summed E-state index contributed by atoms with van der Waals surface area (Å²) in [6.45, 7) is 0. The van der Waals surface area contributed by atoms with E-state index in [1.165, 1.54) is 7.11 Å². The molecule has 0 amide bonds. The molecule has 3 aromatic rings. The maximum absolute atomic E-state index is 13.4. The molecule has 1 heterocycles. The molecule has 2 aromatic carbocycles. The molecule has 0 bridgehead atoms. The number of aryl methyl sites for hydroxylation is 1. The predicted molar refractivity (Wildman–Crippen MR) is 112 cm³/mol. The van der Waals surface area contributed by atoms with Gasteiger partial charge in [0.25, 0.3) is 0 Å². The summed E-state index contributed by atoms with van der Waals surface area (Å²) in [6, 6.07) is 12.1. The van der Waals surface area contributed by atoms with Gasteiger partial charge < -0.3 is 4.74 Å². The number of H-pyrrole nitrogens is 1. The van der Waals surface area contributed by atoms with Gasteiger partial charge in [-0.25, -0.2) is 4.79 Å². The second-order valence-corrected chi connectivity index (χ2v) is 7.75. The number of aromatic amines is 1. The molecule has 148 valence electrons. The zero-order valence-electron chi connectivity index (χ0n) is 15.7. The van der Waals surface area contributed by atoms with Crippen LogP contribution < -0.4 is 0 Å². The highest BCUT2D eigenvalue weighted by molar-refractivity contribution is 6.40. The van der Waals surface area contributed by atoms with E-state index >= 15 is 0 Å². The van der Waals surface area contributed by atoms with Crippen LogP contribution in [0.25, 0.3) is 11.3 Å². The van der Waals surface area contributed by atoms with Crippen LogP contribution in [0.2, 0.25) is 10.0 Å². The van der Waals surface area contributed by atoms with E-state index in [9.17, 15) is 9.59 Å². The van der Waals surface area contributed by atoms with Crippen LogP contribution in [0.15, 0.2) is 42.5 Å². The number of benzene rings is 2. The van der Waals surface area contributed by atoms with Gasteiger partial charge >= 0.3 is 5.97 Å². The summed E-state index contributed by atoms with van der Waals surface area (Å²) in [5.74, 6) is -0.886. The Morgan fingerprint density at radius 2 is 1.79 bits per heavy atom. The second kappa shape index (κ2) is 8.01. The highest BCUT2D eigenvalue weighted by atomic mass is 35.5. The molecule has 1 aliphatic rings. The van der Waals surface area contributed by atoms with Gasteiger partial charge in [0.05, 0.1) is 39.9 Å². The van der Waals surface area contributed by atoms with Gasteiger partial charge in [-0.15, -0.1) is 0 Å². The van der Waals surface area contributed by atoms with E-state index in [4.69, 9.17) is 27.9 Å². The molecule has 7 heteroatoms. The summed E-state index contributed by atoms with van der Waals surface area (Å²) < 4.78 is 4.75. The fraction of sp³-hybridized carbons (Fsp3) is 0.227. The number of ketones is 1. The van der Waals surface area contributed by atoms with Crippen LogP contribution in [0.5, 0.6) is 0 Å². The van der Waals surface area contributed by atoms with Crippen molar-refractivity contribution in [2.75, 3.05) is 7.11 Å². The van der Waals surface area contributed by atoms with Crippen molar-refractivity contribution in [2.24, 2.45) is 0 Å². The fourth-order valence-corrected chi connectivity index (χ4v) is 4.44. The minimum atomic E-state index is -0.401. The third kappa shape index (κ3) is 3.56. The highest BCUT2D eigenvalue weighted by Gasteiger charge is 2.34. The van der Waals surface area contributed by atoms with Crippen molar-refractivity contribution in [3.8, 4) is 11.3 Å². The molecule has 0 saturated carbocycles. The zero-order chi connectivity index (χ0) is 20.5. The molecule has 1 N–H and O–H groups in total. The topological polar surface area (TPSA) is 72.0 Å². The number of hydrogen-bond donors (Lipinski definition) is 1. The number of methoxy groups -OCH3 is 1. The molecular weight excluding hydrogens is 411 g/mol. The molecule has 1 unspecified atom stereocenters. The average Bonchev–Trinajstić information content (AvgIpc) is 3.17. The maximum atomic E-state index is 13.4. The van der Waals surface area contributed by atoms with Crippen LogP contribution >= 0.6 is 23.2 Å². The third-order valence-electron chi connectivity index (χ3n) is 5.26. The van der Waals surface area contributed by atoms with E-state index in [-0.39, 0.29) is 11.7 Å². The number of aromatic nitrogens is 2. The molecule has 4 rings (SSSR count). The predicted octanol–water partition coefficient (Wildman–Crippen LogP) is 5.47. The molecule has 29 heavy (non-hydrogen) atoms. The van der Waals surface area contributed by atoms with E-state index in [1.807, 2.05) is 0 Å². The van der Waals surface area contributed by atoms with Gasteiger partial charge in [0.2, 0.25) is 0 Å². The molecule has 5 nitrogen and oxygen atoms in total. The van der Waals surface area contributed by atoms with E-state index in [0.29, 0.717) is 33.3 Å². The number of ether oxygens (including phenoxy) is 1. The van der Waals surface area contributed by atoms with Gasteiger partial charge in [-0.3, -0.25) is 9.89 Å². The summed E-state index contributed by atoms with van der Waals surface area (Å²) in [5.41, 5.74) is 4.16. The molecule has 0 aliphatic heterocycles. The monoisotopic (exact) mass is 428 g/mol. The fourth-order valence-electron chi connectivity index (χ4n) is 3.85. The Labute approximate surface area is 178 Å². The lowest BCUT2D eigenvalue weighted by Gasteiger charge is -2.23. The third-order valence-corrected chi connectivity index (χ3v) is 5.89. The van der Waals surface area contributed by atoms with Gasteiger partial charge in [-0.05, 0) is 43.5 Å². The maximum Gasteiger partial charge on any atom is 0.337 e. The number of esters is 1. The molecule has 0 radical (unpaired) electrons. The van der Waals surface area contributed by atoms with E-state index in [0.717, 1.165) is 29.7 Å². The van der Waals surface area contributed by atoms with Crippen LogP contribution in [0.1, 0.15) is 50.7 Å². The lowest BCUT2D eigenvalue weighted by atomic mass is 9.79. The Bertz CT molecular complexity index is 1070. The SMILES string of the molecule is COC(=O)c1ccc(-c2n[nH]c3c2C(C(=O)c2c(Cl)cccc2Cl)CCC3)cc1. The first kappa shape index (κ1) is 19.7. The van der Waals surface area contributed by atoms with Crippen molar-refractivity contribution in [2.45, 2.75) is 25.2 Å². The number of nitrogens with zero attached hydrogens (tertiary/aromatic N) is 1. The average molecular weight is 429 g/mol. The number of hydrogen-bond acceptors (Lipinski definition) is 4. The highest BCUT2D eigenvalue weighted by Crippen LogP contribution is 2.41. The Balaban J connectivity index is 1.76.